The summed E-state index contributed by atoms with van der Waals surface area (Å²) < 4.78 is 14.1. The minimum atomic E-state index is -0.0668. The van der Waals surface area contributed by atoms with Gasteiger partial charge in [-0.15, -0.1) is 0 Å². The summed E-state index contributed by atoms with van der Waals surface area (Å²) in [5.74, 6) is 3.45. The molecule has 0 unspecified atom stereocenters. The van der Waals surface area contributed by atoms with Crippen molar-refractivity contribution >= 4 is 39.9 Å². The Morgan fingerprint density at radius 2 is 2.02 bits per heavy atom. The Morgan fingerprint density at radius 1 is 1.09 bits per heavy atom. The number of hydrogen-bond acceptors (Lipinski definition) is 11. The van der Waals surface area contributed by atoms with Gasteiger partial charge < -0.3 is 24.6 Å². The number of nitrogens with one attached hydrogen (secondary N) is 1. The highest BCUT2D eigenvalue weighted by Crippen LogP contribution is 2.36. The maximum absolute atomic E-state index is 13.0. The van der Waals surface area contributed by atoms with Crippen LogP contribution in [0.5, 0.6) is 17.2 Å². The first-order valence-corrected chi connectivity index (χ1v) is 15.2. The molecule has 228 valence electrons. The topological polar surface area (TPSA) is 126 Å². The molecule has 1 aromatic carbocycles. The van der Waals surface area contributed by atoms with Crippen molar-refractivity contribution in [3.8, 4) is 17.2 Å². The number of amides is 1. The Labute approximate surface area is 259 Å². The molecule has 0 saturated carbocycles. The van der Waals surface area contributed by atoms with Crippen molar-refractivity contribution in [2.24, 2.45) is 0 Å². The second-order valence-electron chi connectivity index (χ2n) is 11.5. The Bertz CT molecular complexity index is 1940. The fourth-order valence-electron chi connectivity index (χ4n) is 5.98. The average molecular weight is 605 g/mol. The predicted molar refractivity (Wildman–Crippen MR) is 168 cm³/mol. The number of fused-ring (bicyclic) bond motifs is 6. The van der Waals surface area contributed by atoms with Crippen molar-refractivity contribution < 1.29 is 14.3 Å². The number of carbonyl (C=O) groups excluding carboxylic acids is 1. The van der Waals surface area contributed by atoms with Crippen molar-refractivity contribution in [1.29, 1.82) is 0 Å². The highest BCUT2D eigenvalue weighted by molar-refractivity contribution is 5.90. The van der Waals surface area contributed by atoms with Gasteiger partial charge in [0.05, 0.1) is 11.6 Å². The molecule has 7 heterocycles. The first-order valence-electron chi connectivity index (χ1n) is 15.2. The molecule has 4 aromatic heterocycles. The third-order valence-corrected chi connectivity index (χ3v) is 8.54. The molecular weight excluding hydrogens is 572 g/mol. The van der Waals surface area contributed by atoms with E-state index in [2.05, 4.69) is 35.2 Å². The third kappa shape index (κ3) is 5.35. The van der Waals surface area contributed by atoms with Gasteiger partial charge in [-0.25, -0.2) is 24.5 Å². The molecule has 2 saturated heterocycles. The lowest BCUT2D eigenvalue weighted by molar-refractivity contribution is -0.129. The number of ether oxygens (including phenoxy) is 2. The number of carbonyl (C=O) groups is 1. The van der Waals surface area contributed by atoms with Crippen LogP contribution in [-0.2, 0) is 4.79 Å². The second kappa shape index (κ2) is 11.3. The van der Waals surface area contributed by atoms with Crippen LogP contribution in [-0.4, -0.2) is 97.2 Å². The molecule has 0 spiro atoms. The van der Waals surface area contributed by atoms with Crippen LogP contribution < -0.4 is 19.7 Å². The van der Waals surface area contributed by atoms with Crippen molar-refractivity contribution in [3.05, 3.63) is 73.0 Å². The molecule has 5 aromatic rings. The molecule has 1 amide bonds. The first kappa shape index (κ1) is 27.3. The summed E-state index contributed by atoms with van der Waals surface area (Å²) in [5, 5.41) is 7.55. The zero-order valence-corrected chi connectivity index (χ0v) is 24.8. The zero-order valence-electron chi connectivity index (χ0n) is 24.8. The van der Waals surface area contributed by atoms with E-state index in [9.17, 15) is 4.79 Å². The van der Waals surface area contributed by atoms with Gasteiger partial charge in [0.25, 0.3) is 0 Å². The van der Waals surface area contributed by atoms with Crippen LogP contribution >= 0.6 is 0 Å². The molecule has 1 N–H and O–H groups in total. The van der Waals surface area contributed by atoms with Crippen molar-refractivity contribution in [2.45, 2.75) is 19.4 Å². The van der Waals surface area contributed by atoms with Gasteiger partial charge in [0.2, 0.25) is 5.91 Å². The number of hydrogen-bond donors (Lipinski definition) is 1. The van der Waals surface area contributed by atoms with E-state index in [1.807, 2.05) is 60.5 Å². The van der Waals surface area contributed by atoms with E-state index in [4.69, 9.17) is 14.5 Å². The monoisotopic (exact) mass is 604 g/mol. The molecule has 45 heavy (non-hydrogen) atoms. The normalized spacial score (nSPS) is 18.0. The van der Waals surface area contributed by atoms with E-state index in [-0.39, 0.29) is 11.9 Å². The van der Waals surface area contributed by atoms with E-state index >= 15 is 0 Å². The summed E-state index contributed by atoms with van der Waals surface area (Å²) in [6, 6.07) is 11.4. The highest BCUT2D eigenvalue weighted by atomic mass is 16.5. The van der Waals surface area contributed by atoms with Crippen LogP contribution in [0.25, 0.3) is 16.7 Å². The zero-order chi connectivity index (χ0) is 30.3. The van der Waals surface area contributed by atoms with Gasteiger partial charge in [-0.3, -0.25) is 9.69 Å². The van der Waals surface area contributed by atoms with Crippen LogP contribution in [0.4, 0.5) is 17.3 Å². The van der Waals surface area contributed by atoms with Gasteiger partial charge in [-0.2, -0.15) is 5.10 Å². The number of piperazine rings is 1. The van der Waals surface area contributed by atoms with E-state index in [1.54, 1.807) is 10.6 Å². The van der Waals surface area contributed by atoms with Gasteiger partial charge in [0.15, 0.2) is 23.0 Å². The van der Waals surface area contributed by atoms with Crippen molar-refractivity contribution in [1.82, 2.24) is 39.3 Å². The first-order chi connectivity index (χ1) is 22.1. The summed E-state index contributed by atoms with van der Waals surface area (Å²) >= 11 is 0. The van der Waals surface area contributed by atoms with Crippen LogP contribution in [0.15, 0.2) is 67.4 Å². The molecular formula is C32H32N10O3. The lowest BCUT2D eigenvalue weighted by Gasteiger charge is -2.39. The van der Waals surface area contributed by atoms with Gasteiger partial charge >= 0.3 is 0 Å². The minimum absolute atomic E-state index is 0.0355. The van der Waals surface area contributed by atoms with E-state index in [0.717, 1.165) is 42.5 Å². The Balaban J connectivity index is 0.997. The van der Waals surface area contributed by atoms with Crippen molar-refractivity contribution in [2.75, 3.05) is 56.1 Å². The average Bonchev–Trinajstić information content (AvgIpc) is 3.45. The van der Waals surface area contributed by atoms with Crippen LogP contribution in [0.2, 0.25) is 0 Å². The molecule has 0 aliphatic carbocycles. The maximum atomic E-state index is 13.0. The quantitative estimate of drug-likeness (QED) is 0.274. The van der Waals surface area contributed by atoms with Crippen LogP contribution in [0.1, 0.15) is 12.0 Å². The van der Waals surface area contributed by atoms with Gasteiger partial charge in [-0.05, 0) is 56.3 Å². The lowest BCUT2D eigenvalue weighted by Crippen LogP contribution is -2.56. The summed E-state index contributed by atoms with van der Waals surface area (Å²) in [6.45, 7) is 7.36. The Hall–Kier alpha value is -5.30. The van der Waals surface area contributed by atoms with E-state index in [1.165, 1.54) is 19.1 Å². The Kier molecular flexibility index (Phi) is 6.86. The molecule has 1 atom stereocenters. The third-order valence-electron chi connectivity index (χ3n) is 8.54. The lowest BCUT2D eigenvalue weighted by atomic mass is 10.1. The predicted octanol–water partition coefficient (Wildman–Crippen LogP) is 3.58. The minimum Gasteiger partial charge on any atom is -0.487 e. The van der Waals surface area contributed by atoms with Gasteiger partial charge in [0.1, 0.15) is 36.3 Å². The summed E-state index contributed by atoms with van der Waals surface area (Å²) in [6.07, 6.45) is 9.77. The molecule has 3 aliphatic rings. The molecule has 13 heteroatoms. The number of anilines is 3. The Morgan fingerprint density at radius 3 is 2.89 bits per heavy atom. The highest BCUT2D eigenvalue weighted by Gasteiger charge is 2.35. The smallest absolute Gasteiger partial charge is 0.246 e. The van der Waals surface area contributed by atoms with E-state index in [0.29, 0.717) is 60.2 Å². The fraction of sp³-hybridized carbons (Fsp3) is 0.312. The number of aromatic nitrogens is 6. The fourth-order valence-corrected chi connectivity index (χ4v) is 5.98. The number of nitrogens with zero attached hydrogens (tertiary/aromatic N) is 9. The number of benzene rings is 1. The molecule has 2 bridgehead atoms. The SMILES string of the molecule is Cc1cc(Nc2ncnc3cc4c(nc23)N2CCN(C(=O)/C=C/CN3CCC3)[C@H](CO4)C2)ccc1Oc1ccn2ncnc2c1. The molecule has 3 aliphatic heterocycles. The van der Waals surface area contributed by atoms with Gasteiger partial charge in [0, 0.05) is 56.3 Å². The largest absolute Gasteiger partial charge is 0.487 e. The number of aryl methyl sites for hydroxylation is 1. The van der Waals surface area contributed by atoms with Gasteiger partial charge in [-0.1, -0.05) is 6.08 Å². The standard InChI is InChI=1S/C32H32N10O3/c1-21-14-22(5-6-26(21)45-24-7-11-42-28(15-24)34-20-36-42)37-31-30-25(33-19-35-31)16-27-32(38-30)40-12-13-41(23(17-40)18-44-27)29(43)4-2-8-39-9-3-10-39/h2,4-7,11,14-16,19-20,23H,3,8-10,12-13,17-18H2,1H3,(H,33,35,37)/b4-2+/t23-/m0/s1. The summed E-state index contributed by atoms with van der Waals surface area (Å²) in [7, 11) is 0. The number of pyridine rings is 2. The maximum Gasteiger partial charge on any atom is 0.246 e. The molecule has 2 fully saturated rings. The van der Waals surface area contributed by atoms with Crippen molar-refractivity contribution in [3.63, 3.8) is 0 Å². The second-order valence-corrected chi connectivity index (χ2v) is 11.5. The summed E-state index contributed by atoms with van der Waals surface area (Å²) in [5.41, 5.74) is 3.82. The van der Waals surface area contributed by atoms with E-state index < -0.39 is 0 Å². The van der Waals surface area contributed by atoms with Crippen LogP contribution in [0.3, 0.4) is 0 Å². The molecule has 0 radical (unpaired) electrons. The molecule has 8 rings (SSSR count). The number of likely N-dealkylation sites (tertiary alicyclic amines) is 1. The molecule has 13 nitrogen and oxygen atoms in total. The number of rotatable bonds is 7. The van der Waals surface area contributed by atoms with Crippen LogP contribution in [0, 0.1) is 6.92 Å². The summed E-state index contributed by atoms with van der Waals surface area (Å²) in [4.78, 5) is 37.7.